The largest absolute Gasteiger partial charge is 0.348 e. The minimum atomic E-state index is -3.69. The number of anilines is 1. The van der Waals surface area contributed by atoms with E-state index in [1.165, 1.54) is 5.56 Å². The van der Waals surface area contributed by atoms with Crippen LogP contribution in [0.1, 0.15) is 44.4 Å². The Morgan fingerprint density at radius 3 is 2.29 bits per heavy atom. The highest BCUT2D eigenvalue weighted by Gasteiger charge is 2.32. The van der Waals surface area contributed by atoms with Gasteiger partial charge in [0.15, 0.2) is 0 Å². The Morgan fingerprint density at radius 1 is 1.14 bits per heavy atom. The molecule has 0 fully saturated rings. The first-order valence-corrected chi connectivity index (χ1v) is 11.5. The van der Waals surface area contributed by atoms with E-state index in [0.717, 1.165) is 22.5 Å². The minimum Gasteiger partial charge on any atom is -0.348 e. The van der Waals surface area contributed by atoms with E-state index in [1.807, 2.05) is 31.2 Å². The molecule has 1 N–H and O–H groups in total. The van der Waals surface area contributed by atoms with Gasteiger partial charge in [-0.2, -0.15) is 0 Å². The van der Waals surface area contributed by atoms with E-state index >= 15 is 0 Å². The zero-order valence-electron chi connectivity index (χ0n) is 16.6. The molecule has 0 spiro atoms. The lowest BCUT2D eigenvalue weighted by Crippen LogP contribution is -2.49. The zero-order chi connectivity index (χ0) is 20.9. The molecule has 2 aromatic carbocycles. The van der Waals surface area contributed by atoms with Crippen LogP contribution in [0.15, 0.2) is 48.5 Å². The number of nitrogens with zero attached hydrogens (tertiary/aromatic N) is 1. The standard InChI is InChI=1S/C21H27ClN2O3S/c1-5-16-10-12-17(13-11-16)15(3)23-21(25)20(6-2)24(28(4,26)27)19-9-7-8-18(22)14-19/h7-15,20H,5-6H2,1-4H3,(H,23,25)/t15-,20-/m1/s1. The molecular weight excluding hydrogens is 396 g/mol. The number of carbonyl (C=O) groups excluding carboxylic acids is 1. The summed E-state index contributed by atoms with van der Waals surface area (Å²) in [6.45, 7) is 5.76. The smallest absolute Gasteiger partial charge is 0.244 e. The van der Waals surface area contributed by atoms with Gasteiger partial charge in [0.05, 0.1) is 18.0 Å². The molecule has 0 saturated heterocycles. The number of benzene rings is 2. The Morgan fingerprint density at radius 2 is 1.79 bits per heavy atom. The highest BCUT2D eigenvalue weighted by Crippen LogP contribution is 2.26. The van der Waals surface area contributed by atoms with Crippen LogP contribution in [0.25, 0.3) is 0 Å². The summed E-state index contributed by atoms with van der Waals surface area (Å²) < 4.78 is 26.1. The predicted octanol–water partition coefficient (Wildman–Crippen LogP) is 4.32. The highest BCUT2D eigenvalue weighted by molar-refractivity contribution is 7.92. The van der Waals surface area contributed by atoms with Gasteiger partial charge in [-0.1, -0.05) is 55.8 Å². The van der Waals surface area contributed by atoms with Crippen molar-refractivity contribution in [2.45, 2.75) is 45.7 Å². The summed E-state index contributed by atoms with van der Waals surface area (Å²) in [6.07, 6.45) is 2.37. The lowest BCUT2D eigenvalue weighted by atomic mass is 10.0. The first-order chi connectivity index (χ1) is 13.2. The van der Waals surface area contributed by atoms with Gasteiger partial charge in [-0.25, -0.2) is 8.42 Å². The number of sulfonamides is 1. The Labute approximate surface area is 172 Å². The van der Waals surface area contributed by atoms with Gasteiger partial charge in [-0.15, -0.1) is 0 Å². The van der Waals surface area contributed by atoms with Crippen molar-refractivity contribution in [1.82, 2.24) is 5.32 Å². The second kappa shape index (κ2) is 9.43. The molecule has 5 nitrogen and oxygen atoms in total. The van der Waals surface area contributed by atoms with Crippen LogP contribution in [0, 0.1) is 0 Å². The second-order valence-corrected chi connectivity index (χ2v) is 9.08. The van der Waals surface area contributed by atoms with E-state index < -0.39 is 16.1 Å². The first kappa shape index (κ1) is 22.2. The monoisotopic (exact) mass is 422 g/mol. The Hall–Kier alpha value is -2.05. The molecule has 0 aliphatic carbocycles. The quantitative estimate of drug-likeness (QED) is 0.688. The van der Waals surface area contributed by atoms with E-state index in [-0.39, 0.29) is 11.9 Å². The van der Waals surface area contributed by atoms with Gasteiger partial charge in [-0.3, -0.25) is 9.10 Å². The van der Waals surface area contributed by atoms with E-state index in [2.05, 4.69) is 12.2 Å². The second-order valence-electron chi connectivity index (χ2n) is 6.79. The van der Waals surface area contributed by atoms with Gasteiger partial charge >= 0.3 is 0 Å². The molecule has 1 amide bonds. The van der Waals surface area contributed by atoms with Crippen LogP contribution in [0.2, 0.25) is 5.02 Å². The van der Waals surface area contributed by atoms with Crippen LogP contribution >= 0.6 is 11.6 Å². The Balaban J connectivity index is 2.28. The number of carbonyl (C=O) groups is 1. The fourth-order valence-corrected chi connectivity index (χ4v) is 4.50. The van der Waals surface area contributed by atoms with Crippen LogP contribution in [0.4, 0.5) is 5.69 Å². The van der Waals surface area contributed by atoms with Crippen molar-refractivity contribution in [2.75, 3.05) is 10.6 Å². The molecule has 7 heteroatoms. The van der Waals surface area contributed by atoms with Gasteiger partial charge in [0.2, 0.25) is 15.9 Å². The summed E-state index contributed by atoms with van der Waals surface area (Å²) in [5.41, 5.74) is 2.56. The lowest BCUT2D eigenvalue weighted by molar-refractivity contribution is -0.122. The maximum absolute atomic E-state index is 13.0. The van der Waals surface area contributed by atoms with Gasteiger partial charge in [-0.05, 0) is 49.1 Å². The van der Waals surface area contributed by atoms with Crippen LogP contribution in [-0.2, 0) is 21.2 Å². The average molecular weight is 423 g/mol. The fraction of sp³-hybridized carbons (Fsp3) is 0.381. The maximum atomic E-state index is 13.0. The van der Waals surface area contributed by atoms with Crippen molar-refractivity contribution in [3.63, 3.8) is 0 Å². The van der Waals surface area contributed by atoms with Crippen LogP contribution in [-0.4, -0.2) is 26.6 Å². The number of amides is 1. The van der Waals surface area contributed by atoms with E-state index in [9.17, 15) is 13.2 Å². The molecule has 0 radical (unpaired) electrons. The van der Waals surface area contributed by atoms with Gasteiger partial charge in [0, 0.05) is 5.02 Å². The lowest BCUT2D eigenvalue weighted by Gasteiger charge is -2.31. The SMILES string of the molecule is CCc1ccc([C@@H](C)NC(=O)[C@@H](CC)N(c2cccc(Cl)c2)S(C)(=O)=O)cc1. The Bertz CT molecular complexity index is 914. The normalized spacial score (nSPS) is 13.6. The maximum Gasteiger partial charge on any atom is 0.244 e. The average Bonchev–Trinajstić information content (AvgIpc) is 2.64. The third-order valence-electron chi connectivity index (χ3n) is 4.64. The molecule has 0 saturated carbocycles. The van der Waals surface area contributed by atoms with Gasteiger partial charge in [0.25, 0.3) is 0 Å². The van der Waals surface area contributed by atoms with Crippen LogP contribution in [0.3, 0.4) is 0 Å². The Kier molecular flexibility index (Phi) is 7.49. The van der Waals surface area contributed by atoms with E-state index in [4.69, 9.17) is 11.6 Å². The fourth-order valence-electron chi connectivity index (χ4n) is 3.11. The highest BCUT2D eigenvalue weighted by atomic mass is 35.5. The summed E-state index contributed by atoms with van der Waals surface area (Å²) >= 11 is 6.03. The van der Waals surface area contributed by atoms with Crippen molar-refractivity contribution in [2.24, 2.45) is 0 Å². The number of aryl methyl sites for hydroxylation is 1. The van der Waals surface area contributed by atoms with Crippen molar-refractivity contribution >= 4 is 33.2 Å². The summed E-state index contributed by atoms with van der Waals surface area (Å²) in [4.78, 5) is 13.0. The number of hydrogen-bond acceptors (Lipinski definition) is 3. The number of rotatable bonds is 8. The third-order valence-corrected chi connectivity index (χ3v) is 6.05. The summed E-state index contributed by atoms with van der Waals surface area (Å²) in [5, 5.41) is 3.35. The van der Waals surface area contributed by atoms with Crippen molar-refractivity contribution in [1.29, 1.82) is 0 Å². The topological polar surface area (TPSA) is 66.5 Å². The van der Waals surface area contributed by atoms with Crippen molar-refractivity contribution in [3.8, 4) is 0 Å². The van der Waals surface area contributed by atoms with Gasteiger partial charge < -0.3 is 5.32 Å². The molecule has 2 aromatic rings. The van der Waals surface area contributed by atoms with Gasteiger partial charge in [0.1, 0.15) is 6.04 Å². The number of nitrogens with one attached hydrogen (secondary N) is 1. The van der Waals surface area contributed by atoms with Crippen LogP contribution < -0.4 is 9.62 Å². The summed E-state index contributed by atoms with van der Waals surface area (Å²) in [6, 6.07) is 13.4. The van der Waals surface area contributed by atoms with Crippen LogP contribution in [0.5, 0.6) is 0 Å². The van der Waals surface area contributed by atoms with Crippen molar-refractivity contribution < 1.29 is 13.2 Å². The molecule has 0 aliphatic heterocycles. The van der Waals surface area contributed by atoms with Crippen molar-refractivity contribution in [3.05, 3.63) is 64.7 Å². The molecule has 0 heterocycles. The molecule has 28 heavy (non-hydrogen) atoms. The number of halogens is 1. The third kappa shape index (κ3) is 5.49. The molecule has 2 rings (SSSR count). The molecule has 0 unspecified atom stereocenters. The molecule has 2 atom stereocenters. The predicted molar refractivity (Wildman–Crippen MR) is 115 cm³/mol. The van der Waals surface area contributed by atoms with E-state index in [0.29, 0.717) is 17.1 Å². The minimum absolute atomic E-state index is 0.242. The first-order valence-electron chi connectivity index (χ1n) is 9.31. The molecule has 0 bridgehead atoms. The summed E-state index contributed by atoms with van der Waals surface area (Å²) in [7, 11) is -3.69. The number of hydrogen-bond donors (Lipinski definition) is 1. The zero-order valence-corrected chi connectivity index (χ0v) is 18.2. The molecule has 0 aliphatic rings. The molecule has 152 valence electrons. The van der Waals surface area contributed by atoms with E-state index in [1.54, 1.807) is 31.2 Å². The molecule has 0 aromatic heterocycles. The summed E-state index contributed by atoms with van der Waals surface area (Å²) in [5.74, 6) is -0.347. The molecular formula is C21H27ClN2O3S.